The summed E-state index contributed by atoms with van der Waals surface area (Å²) < 4.78 is 12.2. The first-order valence-electron chi connectivity index (χ1n) is 7.48. The third kappa shape index (κ3) is 3.97. The number of rotatable bonds is 4. The highest BCUT2D eigenvalue weighted by molar-refractivity contribution is 9.11. The van der Waals surface area contributed by atoms with Gasteiger partial charge in [0.05, 0.1) is 29.3 Å². The van der Waals surface area contributed by atoms with E-state index < -0.39 is 0 Å². The first-order chi connectivity index (χ1) is 12.5. The summed E-state index contributed by atoms with van der Waals surface area (Å²) in [5.41, 5.74) is 1.56. The molecule has 1 aliphatic rings. The average Bonchev–Trinajstić information content (AvgIpc) is 2.97. The summed E-state index contributed by atoms with van der Waals surface area (Å²) in [5.74, 6) is 0.996. The number of amidine groups is 1. The van der Waals surface area contributed by atoms with Gasteiger partial charge in [0.1, 0.15) is 0 Å². The first-order valence-corrected chi connectivity index (χ1v) is 9.88. The Balaban J connectivity index is 1.91. The molecule has 8 heteroatoms. The van der Waals surface area contributed by atoms with Crippen LogP contribution in [0.1, 0.15) is 5.56 Å². The van der Waals surface area contributed by atoms with Gasteiger partial charge in [-0.25, -0.2) is 4.99 Å². The Morgan fingerprint density at radius 3 is 2.58 bits per heavy atom. The van der Waals surface area contributed by atoms with Gasteiger partial charge in [-0.05, 0) is 79.5 Å². The lowest BCUT2D eigenvalue weighted by atomic mass is 10.2. The van der Waals surface area contributed by atoms with Gasteiger partial charge in [0.2, 0.25) is 0 Å². The van der Waals surface area contributed by atoms with Crippen molar-refractivity contribution in [2.75, 3.05) is 14.2 Å². The predicted molar refractivity (Wildman–Crippen MR) is 112 cm³/mol. The van der Waals surface area contributed by atoms with Gasteiger partial charge < -0.3 is 14.8 Å². The number of halogens is 2. The molecule has 0 unspecified atom stereocenters. The molecule has 1 saturated heterocycles. The number of aliphatic imine (C=N–C) groups is 1. The Morgan fingerprint density at radius 1 is 1.12 bits per heavy atom. The lowest BCUT2D eigenvalue weighted by molar-refractivity contribution is -0.115. The third-order valence-electron chi connectivity index (χ3n) is 3.53. The minimum Gasteiger partial charge on any atom is -0.493 e. The maximum atomic E-state index is 12.3. The molecule has 1 heterocycles. The maximum absolute atomic E-state index is 12.3. The van der Waals surface area contributed by atoms with E-state index in [1.165, 1.54) is 11.8 Å². The van der Waals surface area contributed by atoms with Crippen LogP contribution in [-0.4, -0.2) is 25.3 Å². The summed E-state index contributed by atoms with van der Waals surface area (Å²) in [6.07, 6.45) is 1.79. The van der Waals surface area contributed by atoms with Gasteiger partial charge in [-0.2, -0.15) is 0 Å². The molecule has 1 amide bonds. The van der Waals surface area contributed by atoms with Crippen molar-refractivity contribution < 1.29 is 14.3 Å². The number of thioether (sulfide) groups is 1. The average molecular weight is 498 g/mol. The van der Waals surface area contributed by atoms with Crippen LogP contribution in [-0.2, 0) is 4.79 Å². The Hall–Kier alpha value is -1.77. The number of para-hydroxylation sites is 1. The van der Waals surface area contributed by atoms with Crippen molar-refractivity contribution in [2.24, 2.45) is 4.99 Å². The predicted octanol–water partition coefficient (Wildman–Crippen LogP) is 5.12. The SMILES string of the molecule is COc1ccc(/C=C2/SC(=Nc3ccccc3Br)NC2=O)c(Br)c1OC. The van der Waals surface area contributed by atoms with Crippen LogP contribution in [0.4, 0.5) is 5.69 Å². The number of nitrogens with zero attached hydrogens (tertiary/aromatic N) is 1. The monoisotopic (exact) mass is 496 g/mol. The van der Waals surface area contributed by atoms with Gasteiger partial charge in [-0.15, -0.1) is 0 Å². The minimum absolute atomic E-state index is 0.192. The second-order valence-corrected chi connectivity index (χ2v) is 7.82. The number of hydrogen-bond donors (Lipinski definition) is 1. The molecule has 0 aliphatic carbocycles. The highest BCUT2D eigenvalue weighted by Gasteiger charge is 2.25. The molecule has 1 aliphatic heterocycles. The molecule has 2 aromatic rings. The molecule has 0 saturated carbocycles. The molecule has 0 aromatic heterocycles. The minimum atomic E-state index is -0.192. The summed E-state index contributed by atoms with van der Waals surface area (Å²) >= 11 is 8.25. The number of benzene rings is 2. The van der Waals surface area contributed by atoms with Crippen LogP contribution in [0.2, 0.25) is 0 Å². The molecular weight excluding hydrogens is 484 g/mol. The van der Waals surface area contributed by atoms with Crippen LogP contribution in [0.15, 0.2) is 55.2 Å². The molecule has 134 valence electrons. The van der Waals surface area contributed by atoms with Crippen LogP contribution >= 0.6 is 43.6 Å². The van der Waals surface area contributed by atoms with Gasteiger partial charge in [-0.1, -0.05) is 12.1 Å². The van der Waals surface area contributed by atoms with Crippen molar-refractivity contribution in [3.05, 3.63) is 55.8 Å². The van der Waals surface area contributed by atoms with Crippen LogP contribution in [0.3, 0.4) is 0 Å². The van der Waals surface area contributed by atoms with E-state index in [0.717, 1.165) is 20.2 Å². The van der Waals surface area contributed by atoms with E-state index in [1.807, 2.05) is 30.3 Å². The van der Waals surface area contributed by atoms with E-state index in [9.17, 15) is 4.79 Å². The quantitative estimate of drug-likeness (QED) is 0.595. The summed E-state index contributed by atoms with van der Waals surface area (Å²) in [6.45, 7) is 0. The molecule has 1 fully saturated rings. The van der Waals surface area contributed by atoms with E-state index in [1.54, 1.807) is 26.4 Å². The van der Waals surface area contributed by atoms with E-state index >= 15 is 0 Å². The first kappa shape index (κ1) is 19.0. The Bertz CT molecular complexity index is 929. The van der Waals surface area contributed by atoms with Gasteiger partial charge in [-0.3, -0.25) is 4.79 Å². The number of ether oxygens (including phenoxy) is 2. The number of methoxy groups -OCH3 is 2. The summed E-state index contributed by atoms with van der Waals surface area (Å²) in [5, 5.41) is 3.32. The van der Waals surface area contributed by atoms with Crippen molar-refractivity contribution in [3.63, 3.8) is 0 Å². The van der Waals surface area contributed by atoms with Crippen molar-refractivity contribution in [2.45, 2.75) is 0 Å². The molecule has 0 spiro atoms. The molecule has 26 heavy (non-hydrogen) atoms. The molecule has 5 nitrogen and oxygen atoms in total. The van der Waals surface area contributed by atoms with Crippen molar-refractivity contribution in [1.29, 1.82) is 0 Å². The molecule has 0 radical (unpaired) electrons. The van der Waals surface area contributed by atoms with E-state index in [0.29, 0.717) is 21.6 Å². The highest BCUT2D eigenvalue weighted by atomic mass is 79.9. The molecular formula is C18H14Br2N2O3S. The van der Waals surface area contributed by atoms with Crippen LogP contribution < -0.4 is 14.8 Å². The Labute approximate surface area is 172 Å². The maximum Gasteiger partial charge on any atom is 0.264 e. The van der Waals surface area contributed by atoms with Crippen LogP contribution in [0.5, 0.6) is 11.5 Å². The number of hydrogen-bond acceptors (Lipinski definition) is 5. The van der Waals surface area contributed by atoms with Crippen molar-refractivity contribution in [1.82, 2.24) is 5.32 Å². The summed E-state index contributed by atoms with van der Waals surface area (Å²) in [6, 6.07) is 11.2. The van der Waals surface area contributed by atoms with Crippen molar-refractivity contribution >= 4 is 66.5 Å². The van der Waals surface area contributed by atoms with Crippen LogP contribution in [0, 0.1) is 0 Å². The zero-order valence-electron chi connectivity index (χ0n) is 13.9. The number of carbonyl (C=O) groups is 1. The molecule has 0 bridgehead atoms. The fourth-order valence-corrected chi connectivity index (χ4v) is 4.09. The van der Waals surface area contributed by atoms with Gasteiger partial charge >= 0.3 is 0 Å². The summed E-state index contributed by atoms with van der Waals surface area (Å²) in [7, 11) is 3.15. The third-order valence-corrected chi connectivity index (χ3v) is 5.93. The lowest BCUT2D eigenvalue weighted by Gasteiger charge is -2.11. The molecule has 3 rings (SSSR count). The van der Waals surface area contributed by atoms with Crippen molar-refractivity contribution in [3.8, 4) is 11.5 Å². The van der Waals surface area contributed by atoms with E-state index in [-0.39, 0.29) is 5.91 Å². The number of nitrogens with one attached hydrogen (secondary N) is 1. The van der Waals surface area contributed by atoms with E-state index in [2.05, 4.69) is 42.2 Å². The van der Waals surface area contributed by atoms with Gasteiger partial charge in [0, 0.05) is 4.47 Å². The molecule has 0 atom stereocenters. The van der Waals surface area contributed by atoms with Gasteiger partial charge in [0.25, 0.3) is 5.91 Å². The zero-order valence-corrected chi connectivity index (χ0v) is 17.9. The number of amides is 1. The van der Waals surface area contributed by atoms with E-state index in [4.69, 9.17) is 9.47 Å². The lowest BCUT2D eigenvalue weighted by Crippen LogP contribution is -2.19. The van der Waals surface area contributed by atoms with Gasteiger partial charge in [0.15, 0.2) is 16.7 Å². The Kier molecular flexibility index (Phi) is 6.05. The second-order valence-electron chi connectivity index (χ2n) is 5.14. The highest BCUT2D eigenvalue weighted by Crippen LogP contribution is 2.39. The number of carbonyl (C=O) groups excluding carboxylic acids is 1. The standard InChI is InChI=1S/C18H14Br2N2O3S/c1-24-13-8-7-10(15(20)16(13)25-2)9-14-17(23)22-18(26-14)21-12-6-4-3-5-11(12)19/h3-9H,1-2H3,(H,21,22,23)/b14-9+. The fraction of sp³-hybridized carbons (Fsp3) is 0.111. The second kappa shape index (κ2) is 8.28. The normalized spacial score (nSPS) is 16.8. The molecule has 2 aromatic carbocycles. The molecule has 1 N–H and O–H groups in total. The Morgan fingerprint density at radius 2 is 1.88 bits per heavy atom. The largest absolute Gasteiger partial charge is 0.493 e. The van der Waals surface area contributed by atoms with Crippen LogP contribution in [0.25, 0.3) is 6.08 Å². The zero-order chi connectivity index (χ0) is 18.7. The topological polar surface area (TPSA) is 59.9 Å². The smallest absolute Gasteiger partial charge is 0.264 e. The fourth-order valence-electron chi connectivity index (χ4n) is 2.29. The summed E-state index contributed by atoms with van der Waals surface area (Å²) in [4.78, 5) is 17.3.